The van der Waals surface area contributed by atoms with Crippen LogP contribution in [0.4, 0.5) is 10.1 Å². The lowest BCUT2D eigenvalue weighted by molar-refractivity contribution is 0.0976. The zero-order chi connectivity index (χ0) is 21.0. The van der Waals surface area contributed by atoms with Crippen molar-refractivity contribution in [3.05, 3.63) is 52.1 Å². The topological polar surface area (TPSA) is 92.1 Å². The summed E-state index contributed by atoms with van der Waals surface area (Å²) in [6.45, 7) is 5.90. The van der Waals surface area contributed by atoms with Crippen molar-refractivity contribution in [1.29, 1.82) is 5.26 Å². The van der Waals surface area contributed by atoms with Crippen molar-refractivity contribution in [2.45, 2.75) is 40.0 Å². The molecule has 0 aliphatic rings. The van der Waals surface area contributed by atoms with Gasteiger partial charge in [0.05, 0.1) is 11.1 Å². The lowest BCUT2D eigenvalue weighted by Crippen LogP contribution is -2.34. The van der Waals surface area contributed by atoms with Crippen molar-refractivity contribution in [1.82, 2.24) is 4.57 Å². The standard InChI is InChI=1S/C21H25FN4O2/c1-5-6-7-10-26(16-8-9-17(22)15(11-16)12-23)21(28)19-13(2)18(20(24)27)14(3)25(19)4/h8-9,11H,5-7,10H2,1-4H3,(H2,24,27). The first-order valence-electron chi connectivity index (χ1n) is 9.21. The van der Waals surface area contributed by atoms with Crippen LogP contribution in [-0.4, -0.2) is 22.9 Å². The van der Waals surface area contributed by atoms with Crippen LogP contribution in [-0.2, 0) is 7.05 Å². The second kappa shape index (κ2) is 8.70. The van der Waals surface area contributed by atoms with Gasteiger partial charge in [-0.05, 0) is 44.0 Å². The third-order valence-corrected chi connectivity index (χ3v) is 4.99. The second-order valence-corrected chi connectivity index (χ2v) is 6.80. The van der Waals surface area contributed by atoms with Crippen LogP contribution in [0.5, 0.6) is 0 Å². The summed E-state index contributed by atoms with van der Waals surface area (Å²) in [6, 6.07) is 5.86. The molecule has 0 bridgehead atoms. The first-order valence-corrected chi connectivity index (χ1v) is 9.21. The highest BCUT2D eigenvalue weighted by molar-refractivity contribution is 6.09. The van der Waals surface area contributed by atoms with Crippen molar-refractivity contribution in [3.8, 4) is 6.07 Å². The monoisotopic (exact) mass is 384 g/mol. The van der Waals surface area contributed by atoms with Gasteiger partial charge < -0.3 is 15.2 Å². The van der Waals surface area contributed by atoms with Crippen LogP contribution in [0.15, 0.2) is 18.2 Å². The molecule has 1 aromatic carbocycles. The van der Waals surface area contributed by atoms with Gasteiger partial charge in [0, 0.05) is 25.0 Å². The Morgan fingerprint density at radius 1 is 1.29 bits per heavy atom. The number of aromatic nitrogens is 1. The highest BCUT2D eigenvalue weighted by Gasteiger charge is 2.28. The van der Waals surface area contributed by atoms with E-state index < -0.39 is 11.7 Å². The number of unbranched alkanes of at least 4 members (excludes halogenated alkanes) is 2. The summed E-state index contributed by atoms with van der Waals surface area (Å²) < 4.78 is 15.4. The molecule has 2 aromatic rings. The number of primary amides is 1. The Balaban J connectivity index is 2.56. The molecule has 0 fully saturated rings. The number of anilines is 1. The zero-order valence-electron chi connectivity index (χ0n) is 16.7. The highest BCUT2D eigenvalue weighted by Crippen LogP contribution is 2.26. The minimum atomic E-state index is -0.630. The van der Waals surface area contributed by atoms with Gasteiger partial charge in [-0.1, -0.05) is 19.8 Å². The minimum Gasteiger partial charge on any atom is -0.366 e. The van der Waals surface area contributed by atoms with E-state index in [0.29, 0.717) is 34.7 Å². The van der Waals surface area contributed by atoms with Gasteiger partial charge in [0.25, 0.3) is 11.8 Å². The van der Waals surface area contributed by atoms with Crippen LogP contribution >= 0.6 is 0 Å². The SMILES string of the molecule is CCCCCN(C(=O)c1c(C)c(C(N)=O)c(C)n1C)c1ccc(F)c(C#N)c1. The van der Waals surface area contributed by atoms with Crippen LogP contribution in [0.3, 0.4) is 0 Å². The Hall–Kier alpha value is -3.14. The molecule has 0 atom stereocenters. The Morgan fingerprint density at radius 3 is 2.50 bits per heavy atom. The number of carbonyl (C=O) groups excluding carboxylic acids is 2. The zero-order valence-corrected chi connectivity index (χ0v) is 16.7. The lowest BCUT2D eigenvalue weighted by Gasteiger charge is -2.24. The van der Waals surface area contributed by atoms with Crippen LogP contribution < -0.4 is 10.6 Å². The molecule has 6 nitrogen and oxygen atoms in total. The third-order valence-electron chi connectivity index (χ3n) is 4.99. The average molecular weight is 384 g/mol. The predicted octanol–water partition coefficient (Wildman–Crippen LogP) is 3.59. The number of carbonyl (C=O) groups is 2. The van der Waals surface area contributed by atoms with E-state index >= 15 is 0 Å². The first-order chi connectivity index (χ1) is 13.2. The van der Waals surface area contributed by atoms with E-state index in [0.717, 1.165) is 19.3 Å². The van der Waals surface area contributed by atoms with Gasteiger partial charge in [0.2, 0.25) is 0 Å². The maximum absolute atomic E-state index is 13.8. The summed E-state index contributed by atoms with van der Waals surface area (Å²) in [7, 11) is 1.71. The number of nitrogens with zero attached hydrogens (tertiary/aromatic N) is 3. The molecule has 2 rings (SSSR count). The van der Waals surface area contributed by atoms with E-state index in [2.05, 4.69) is 6.92 Å². The van der Waals surface area contributed by atoms with Gasteiger partial charge in [-0.3, -0.25) is 9.59 Å². The first kappa shape index (κ1) is 21.2. The molecule has 148 valence electrons. The number of amides is 2. The predicted molar refractivity (Wildman–Crippen MR) is 106 cm³/mol. The summed E-state index contributed by atoms with van der Waals surface area (Å²) in [6.07, 6.45) is 2.66. The van der Waals surface area contributed by atoms with Gasteiger partial charge >= 0.3 is 0 Å². The van der Waals surface area contributed by atoms with Crippen molar-refractivity contribution in [2.24, 2.45) is 12.8 Å². The molecule has 2 N–H and O–H groups in total. The molecule has 0 spiro atoms. The van der Waals surface area contributed by atoms with Crippen LogP contribution in [0.1, 0.15) is 63.9 Å². The highest BCUT2D eigenvalue weighted by atomic mass is 19.1. The molecule has 0 aliphatic carbocycles. The fourth-order valence-corrected chi connectivity index (χ4v) is 3.41. The number of hydrogen-bond donors (Lipinski definition) is 1. The minimum absolute atomic E-state index is 0.122. The summed E-state index contributed by atoms with van der Waals surface area (Å²) in [4.78, 5) is 26.8. The van der Waals surface area contributed by atoms with E-state index in [1.807, 2.05) is 6.07 Å². The van der Waals surface area contributed by atoms with E-state index in [-0.39, 0.29) is 11.5 Å². The molecule has 28 heavy (non-hydrogen) atoms. The van der Waals surface area contributed by atoms with E-state index in [1.54, 1.807) is 25.5 Å². The number of nitriles is 1. The Morgan fingerprint density at radius 2 is 1.96 bits per heavy atom. The molecule has 2 amide bonds. The quantitative estimate of drug-likeness (QED) is 0.740. The third kappa shape index (κ3) is 3.91. The molecule has 1 aromatic heterocycles. The molecule has 1 heterocycles. The fraction of sp³-hybridized carbons (Fsp3) is 0.381. The molecule has 0 aliphatic heterocycles. The summed E-state index contributed by atoms with van der Waals surface area (Å²) in [5, 5.41) is 9.13. The maximum Gasteiger partial charge on any atom is 0.275 e. The lowest BCUT2D eigenvalue weighted by atomic mass is 10.1. The largest absolute Gasteiger partial charge is 0.366 e. The molecule has 0 saturated heterocycles. The van der Waals surface area contributed by atoms with Crippen molar-refractivity contribution in [2.75, 3.05) is 11.4 Å². The fourth-order valence-electron chi connectivity index (χ4n) is 3.41. The number of rotatable bonds is 7. The van der Waals surface area contributed by atoms with E-state index in [1.165, 1.54) is 23.1 Å². The van der Waals surface area contributed by atoms with Gasteiger partial charge in [-0.15, -0.1) is 0 Å². The van der Waals surface area contributed by atoms with Crippen LogP contribution in [0.2, 0.25) is 0 Å². The average Bonchev–Trinajstić information content (AvgIpc) is 2.88. The number of benzene rings is 1. The number of nitrogens with two attached hydrogens (primary N) is 1. The van der Waals surface area contributed by atoms with E-state index in [4.69, 9.17) is 11.0 Å². The van der Waals surface area contributed by atoms with Crippen molar-refractivity contribution in [3.63, 3.8) is 0 Å². The molecular formula is C21H25FN4O2. The molecule has 0 saturated carbocycles. The normalized spacial score (nSPS) is 10.6. The van der Waals surface area contributed by atoms with Crippen LogP contribution in [0, 0.1) is 31.0 Å². The Labute approximate surface area is 164 Å². The molecular weight excluding hydrogens is 359 g/mol. The van der Waals surface area contributed by atoms with Gasteiger partial charge in [0.1, 0.15) is 17.6 Å². The molecule has 0 radical (unpaired) electrons. The van der Waals surface area contributed by atoms with Gasteiger partial charge in [0.15, 0.2) is 0 Å². The number of halogens is 1. The number of hydrogen-bond acceptors (Lipinski definition) is 3. The summed E-state index contributed by atoms with van der Waals surface area (Å²) >= 11 is 0. The van der Waals surface area contributed by atoms with Crippen molar-refractivity contribution >= 4 is 17.5 Å². The van der Waals surface area contributed by atoms with Crippen molar-refractivity contribution < 1.29 is 14.0 Å². The Bertz CT molecular complexity index is 956. The van der Waals surface area contributed by atoms with Gasteiger partial charge in [-0.2, -0.15) is 5.26 Å². The maximum atomic E-state index is 13.8. The molecule has 7 heteroatoms. The molecule has 0 unspecified atom stereocenters. The smallest absolute Gasteiger partial charge is 0.275 e. The van der Waals surface area contributed by atoms with E-state index in [9.17, 15) is 14.0 Å². The van der Waals surface area contributed by atoms with Gasteiger partial charge in [-0.25, -0.2) is 4.39 Å². The van der Waals surface area contributed by atoms with Crippen LogP contribution in [0.25, 0.3) is 0 Å². The summed E-state index contributed by atoms with van der Waals surface area (Å²) in [5.41, 5.74) is 7.61. The summed E-state index contributed by atoms with van der Waals surface area (Å²) in [5.74, 6) is -1.54. The Kier molecular flexibility index (Phi) is 6.57. The second-order valence-electron chi connectivity index (χ2n) is 6.80.